The maximum atomic E-state index is 5.89. The molecule has 6 heteroatoms. The van der Waals surface area contributed by atoms with Crippen LogP contribution in [0.1, 0.15) is 12.1 Å². The Morgan fingerprint density at radius 1 is 1.69 bits per heavy atom. The van der Waals surface area contributed by atoms with E-state index in [0.717, 1.165) is 31.7 Å². The number of likely N-dealkylation sites (tertiary alicyclic amines) is 1. The number of aromatic nitrogens is 2. The summed E-state index contributed by atoms with van der Waals surface area (Å²) >= 11 is 7.13. The van der Waals surface area contributed by atoms with Gasteiger partial charge in [0.05, 0.1) is 0 Å². The topological polar surface area (TPSA) is 55.0 Å². The quantitative estimate of drug-likeness (QED) is 0.795. The molecule has 1 saturated heterocycles. The molecule has 72 valence electrons. The van der Waals surface area contributed by atoms with Crippen LogP contribution in [0.4, 0.5) is 0 Å². The van der Waals surface area contributed by atoms with Crippen LogP contribution in [-0.4, -0.2) is 33.6 Å². The second kappa shape index (κ2) is 3.88. The molecular weight excluding hydrogens is 208 g/mol. The zero-order valence-corrected chi connectivity index (χ0v) is 8.68. The van der Waals surface area contributed by atoms with Gasteiger partial charge in [-0.15, -0.1) is 5.10 Å². The molecule has 0 aliphatic carbocycles. The molecule has 0 aromatic carbocycles. The maximum Gasteiger partial charge on any atom is 0.138 e. The highest BCUT2D eigenvalue weighted by Gasteiger charge is 2.20. The Balaban J connectivity index is 1.95. The summed E-state index contributed by atoms with van der Waals surface area (Å²) in [6, 6.07) is 0.311. The van der Waals surface area contributed by atoms with Gasteiger partial charge in [-0.05, 0) is 6.42 Å². The van der Waals surface area contributed by atoms with Gasteiger partial charge in [-0.3, -0.25) is 4.90 Å². The van der Waals surface area contributed by atoms with Gasteiger partial charge in [-0.2, -0.15) is 0 Å². The van der Waals surface area contributed by atoms with E-state index in [9.17, 15) is 0 Å². The third-order valence-electron chi connectivity index (χ3n) is 2.19. The Kier molecular flexibility index (Phi) is 2.78. The van der Waals surface area contributed by atoms with Gasteiger partial charge in [0, 0.05) is 37.2 Å². The second-order valence-corrected chi connectivity index (χ2v) is 4.63. The van der Waals surface area contributed by atoms with Crippen LogP contribution in [0, 0.1) is 0 Å². The summed E-state index contributed by atoms with van der Waals surface area (Å²) in [5.74, 6) is 0. The smallest absolute Gasteiger partial charge is 0.138 e. The molecule has 0 saturated carbocycles. The molecule has 1 unspecified atom stereocenters. The highest BCUT2D eigenvalue weighted by molar-refractivity contribution is 7.10. The number of halogens is 1. The number of rotatable bonds is 2. The number of nitrogens with two attached hydrogens (primary N) is 1. The zero-order chi connectivity index (χ0) is 9.26. The molecule has 2 N–H and O–H groups in total. The molecule has 1 fully saturated rings. The van der Waals surface area contributed by atoms with Gasteiger partial charge < -0.3 is 5.73 Å². The van der Waals surface area contributed by atoms with Crippen molar-refractivity contribution in [2.45, 2.75) is 19.0 Å². The summed E-state index contributed by atoms with van der Waals surface area (Å²) in [6.07, 6.45) is 1.06. The van der Waals surface area contributed by atoms with Crippen LogP contribution < -0.4 is 5.73 Å². The largest absolute Gasteiger partial charge is 0.326 e. The van der Waals surface area contributed by atoms with Gasteiger partial charge in [0.15, 0.2) is 0 Å². The molecular formula is C7H11ClN4S. The summed E-state index contributed by atoms with van der Waals surface area (Å²) in [4.78, 5) is 2.26. The average molecular weight is 219 g/mol. The van der Waals surface area contributed by atoms with Crippen molar-refractivity contribution in [3.8, 4) is 0 Å². The third-order valence-corrected chi connectivity index (χ3v) is 3.18. The first-order valence-electron chi connectivity index (χ1n) is 4.20. The lowest BCUT2D eigenvalue weighted by Gasteiger charge is -2.12. The average Bonchev–Trinajstić information content (AvgIpc) is 2.64. The second-order valence-electron chi connectivity index (χ2n) is 3.28. The summed E-state index contributed by atoms with van der Waals surface area (Å²) < 4.78 is 4.48. The van der Waals surface area contributed by atoms with Crippen LogP contribution >= 0.6 is 23.1 Å². The fourth-order valence-corrected chi connectivity index (χ4v) is 2.12. The lowest BCUT2D eigenvalue weighted by molar-refractivity contribution is 0.322. The van der Waals surface area contributed by atoms with Gasteiger partial charge in [0.1, 0.15) is 10.0 Å². The summed E-state index contributed by atoms with van der Waals surface area (Å²) in [6.45, 7) is 2.76. The van der Waals surface area contributed by atoms with Crippen molar-refractivity contribution in [1.29, 1.82) is 0 Å². The lowest BCUT2D eigenvalue weighted by Crippen LogP contribution is -2.26. The molecule has 0 bridgehead atoms. The molecule has 1 aliphatic rings. The Bertz CT molecular complexity index is 290. The molecule has 0 amide bonds. The Hall–Kier alpha value is -0.230. The first kappa shape index (κ1) is 9.33. The van der Waals surface area contributed by atoms with Crippen molar-refractivity contribution < 1.29 is 0 Å². The molecule has 2 heterocycles. The monoisotopic (exact) mass is 218 g/mol. The molecule has 13 heavy (non-hydrogen) atoms. The van der Waals surface area contributed by atoms with Gasteiger partial charge in [-0.1, -0.05) is 16.1 Å². The summed E-state index contributed by atoms with van der Waals surface area (Å²) in [5, 5.41) is 3.96. The fourth-order valence-electron chi connectivity index (χ4n) is 1.51. The van der Waals surface area contributed by atoms with Gasteiger partial charge >= 0.3 is 0 Å². The predicted molar refractivity (Wildman–Crippen MR) is 52.8 cm³/mol. The van der Waals surface area contributed by atoms with E-state index in [4.69, 9.17) is 17.3 Å². The fraction of sp³-hybridized carbons (Fsp3) is 0.714. The molecule has 1 aliphatic heterocycles. The maximum absolute atomic E-state index is 5.89. The summed E-state index contributed by atoms with van der Waals surface area (Å²) in [7, 11) is 0. The number of hydrogen-bond acceptors (Lipinski definition) is 5. The zero-order valence-electron chi connectivity index (χ0n) is 7.11. The van der Waals surface area contributed by atoms with E-state index in [0.29, 0.717) is 10.4 Å². The van der Waals surface area contributed by atoms with E-state index < -0.39 is 0 Å². The van der Waals surface area contributed by atoms with Crippen molar-refractivity contribution in [1.82, 2.24) is 14.5 Å². The van der Waals surface area contributed by atoms with Crippen LogP contribution in [0.25, 0.3) is 0 Å². The minimum absolute atomic E-state index is 0.311. The van der Waals surface area contributed by atoms with Crippen LogP contribution in [0.3, 0.4) is 0 Å². The van der Waals surface area contributed by atoms with E-state index in [1.807, 2.05) is 0 Å². The van der Waals surface area contributed by atoms with E-state index in [1.54, 1.807) is 0 Å². The standard InChI is InChI=1S/C7H11ClN4S/c8-7-6(10-11-13-7)4-12-2-1-5(9)3-12/h5H,1-4,9H2. The molecule has 0 spiro atoms. The van der Waals surface area contributed by atoms with Crippen LogP contribution in [-0.2, 0) is 6.54 Å². The van der Waals surface area contributed by atoms with Gasteiger partial charge in [0.25, 0.3) is 0 Å². The molecule has 0 radical (unpaired) electrons. The minimum Gasteiger partial charge on any atom is -0.326 e. The van der Waals surface area contributed by atoms with E-state index in [1.165, 1.54) is 11.5 Å². The molecule has 2 rings (SSSR count). The number of hydrogen-bond donors (Lipinski definition) is 1. The Labute approximate surface area is 85.8 Å². The van der Waals surface area contributed by atoms with E-state index in [2.05, 4.69) is 14.5 Å². The number of nitrogens with zero attached hydrogens (tertiary/aromatic N) is 3. The van der Waals surface area contributed by atoms with E-state index in [-0.39, 0.29) is 0 Å². The lowest BCUT2D eigenvalue weighted by atomic mass is 10.3. The Morgan fingerprint density at radius 3 is 3.08 bits per heavy atom. The summed E-state index contributed by atoms with van der Waals surface area (Å²) in [5.41, 5.74) is 6.66. The molecule has 1 aromatic heterocycles. The van der Waals surface area contributed by atoms with Crippen LogP contribution in [0.15, 0.2) is 0 Å². The first-order chi connectivity index (χ1) is 6.25. The van der Waals surface area contributed by atoms with E-state index >= 15 is 0 Å². The van der Waals surface area contributed by atoms with Crippen molar-refractivity contribution in [2.75, 3.05) is 13.1 Å². The predicted octanol–water partition coefficient (Wildman–Crippen LogP) is 0.724. The van der Waals surface area contributed by atoms with Crippen molar-refractivity contribution >= 4 is 23.1 Å². The van der Waals surface area contributed by atoms with Gasteiger partial charge in [-0.25, -0.2) is 0 Å². The highest BCUT2D eigenvalue weighted by atomic mass is 35.5. The van der Waals surface area contributed by atoms with Crippen molar-refractivity contribution in [2.24, 2.45) is 5.73 Å². The molecule has 4 nitrogen and oxygen atoms in total. The van der Waals surface area contributed by atoms with Gasteiger partial charge in [0.2, 0.25) is 0 Å². The van der Waals surface area contributed by atoms with Crippen molar-refractivity contribution in [3.05, 3.63) is 10.0 Å². The third kappa shape index (κ3) is 2.17. The highest BCUT2D eigenvalue weighted by Crippen LogP contribution is 2.20. The Morgan fingerprint density at radius 2 is 2.54 bits per heavy atom. The SMILES string of the molecule is NC1CCN(Cc2nnsc2Cl)C1. The van der Waals surface area contributed by atoms with Crippen molar-refractivity contribution in [3.63, 3.8) is 0 Å². The van der Waals surface area contributed by atoms with Crippen LogP contribution in [0.5, 0.6) is 0 Å². The van der Waals surface area contributed by atoms with Crippen LogP contribution in [0.2, 0.25) is 4.34 Å². The molecule has 1 aromatic rings. The molecule has 1 atom stereocenters. The minimum atomic E-state index is 0.311. The normalized spacial score (nSPS) is 24.0. The first-order valence-corrected chi connectivity index (χ1v) is 5.35.